The lowest BCUT2D eigenvalue weighted by atomic mass is 9.97. The zero-order valence-electron chi connectivity index (χ0n) is 20.4. The predicted octanol–water partition coefficient (Wildman–Crippen LogP) is -0.644. The number of nitrogens with one attached hydrogen (secondary N) is 2. The Balaban J connectivity index is 3.28. The second kappa shape index (κ2) is 14.3. The van der Waals surface area contributed by atoms with E-state index in [-0.39, 0.29) is 23.7 Å². The van der Waals surface area contributed by atoms with Gasteiger partial charge in [0.2, 0.25) is 0 Å². The SMILES string of the molecule is CC(=O)CC[C@@H](NC(=S)N[C@@H]1O[C@H](COC(C)=O)[C@@H](OC(C)=O)[C@H](OC(C)=O)[C@H]1OC(C)=O)C(=O)O. The van der Waals surface area contributed by atoms with E-state index in [0.717, 1.165) is 27.7 Å². The molecule has 15 heteroatoms. The Labute approximate surface area is 212 Å². The molecule has 1 aliphatic rings. The summed E-state index contributed by atoms with van der Waals surface area (Å²) in [6, 6.07) is -1.24. The van der Waals surface area contributed by atoms with Gasteiger partial charge in [-0.1, -0.05) is 0 Å². The molecule has 0 spiro atoms. The van der Waals surface area contributed by atoms with Gasteiger partial charge in [-0.3, -0.25) is 19.2 Å². The van der Waals surface area contributed by atoms with E-state index in [1.807, 2.05) is 0 Å². The van der Waals surface area contributed by atoms with E-state index in [9.17, 15) is 33.9 Å². The van der Waals surface area contributed by atoms with Crippen molar-refractivity contribution in [3.05, 3.63) is 0 Å². The zero-order chi connectivity index (χ0) is 27.6. The smallest absolute Gasteiger partial charge is 0.326 e. The van der Waals surface area contributed by atoms with E-state index in [2.05, 4.69) is 10.6 Å². The molecular formula is C21H30N2O12S. The number of ketones is 1. The van der Waals surface area contributed by atoms with Crippen molar-refractivity contribution in [1.82, 2.24) is 10.6 Å². The molecule has 1 aliphatic heterocycles. The summed E-state index contributed by atoms with van der Waals surface area (Å²) >= 11 is 5.18. The van der Waals surface area contributed by atoms with Crippen molar-refractivity contribution < 1.29 is 57.6 Å². The summed E-state index contributed by atoms with van der Waals surface area (Å²) in [6.07, 6.45) is -6.86. The largest absolute Gasteiger partial charge is 0.480 e. The van der Waals surface area contributed by atoms with Crippen LogP contribution in [0.1, 0.15) is 47.5 Å². The van der Waals surface area contributed by atoms with Crippen LogP contribution in [0.4, 0.5) is 0 Å². The van der Waals surface area contributed by atoms with Crippen LogP contribution in [0.5, 0.6) is 0 Å². The van der Waals surface area contributed by atoms with Gasteiger partial charge >= 0.3 is 29.8 Å². The quantitative estimate of drug-likeness (QED) is 0.172. The summed E-state index contributed by atoms with van der Waals surface area (Å²) in [5.74, 6) is -4.58. The molecule has 1 heterocycles. The molecule has 0 saturated carbocycles. The van der Waals surface area contributed by atoms with Crippen LogP contribution in [0.3, 0.4) is 0 Å². The maximum atomic E-state index is 11.8. The van der Waals surface area contributed by atoms with Gasteiger partial charge in [-0.2, -0.15) is 0 Å². The number of carbonyl (C=O) groups is 6. The van der Waals surface area contributed by atoms with Crippen LogP contribution in [0.2, 0.25) is 0 Å². The van der Waals surface area contributed by atoms with E-state index < -0.39 is 73.1 Å². The molecule has 1 rings (SSSR count). The molecule has 0 aromatic heterocycles. The standard InChI is InChI=1S/C21H30N2O12S/c1-9(24)6-7-14(20(29)30)22-21(36)23-19-18(34-13(5)28)17(33-12(4)27)16(32-11(3)26)15(35-19)8-31-10(2)25/h14-19H,6-8H2,1-5H3,(H,29,30)(H2,22,23,36)/t14-,15-,16-,17+,18-,19-/m1/s1. The molecule has 0 radical (unpaired) electrons. The Morgan fingerprint density at radius 1 is 0.861 bits per heavy atom. The Hall–Kier alpha value is -3.33. The number of rotatable bonds is 11. The molecule has 1 fully saturated rings. The van der Waals surface area contributed by atoms with Gasteiger partial charge in [0.15, 0.2) is 29.7 Å². The maximum Gasteiger partial charge on any atom is 0.326 e. The predicted molar refractivity (Wildman–Crippen MR) is 122 cm³/mol. The van der Waals surface area contributed by atoms with Crippen molar-refractivity contribution in [3.63, 3.8) is 0 Å². The highest BCUT2D eigenvalue weighted by Crippen LogP contribution is 2.28. The zero-order valence-corrected chi connectivity index (χ0v) is 21.2. The summed E-state index contributed by atoms with van der Waals surface area (Å²) < 4.78 is 26.6. The molecule has 3 N–H and O–H groups in total. The maximum absolute atomic E-state index is 11.8. The molecule has 0 aliphatic carbocycles. The van der Waals surface area contributed by atoms with Crippen molar-refractivity contribution in [2.75, 3.05) is 6.61 Å². The van der Waals surface area contributed by atoms with Crippen LogP contribution in [-0.4, -0.2) is 89.1 Å². The highest BCUT2D eigenvalue weighted by atomic mass is 32.1. The lowest BCUT2D eigenvalue weighted by Gasteiger charge is -2.44. The molecule has 0 aromatic rings. The number of ether oxygens (including phenoxy) is 5. The lowest BCUT2D eigenvalue weighted by Crippen LogP contribution is -2.67. The molecule has 0 bridgehead atoms. The third kappa shape index (κ3) is 10.5. The molecule has 14 nitrogen and oxygen atoms in total. The number of esters is 4. The van der Waals surface area contributed by atoms with Crippen LogP contribution in [0.15, 0.2) is 0 Å². The van der Waals surface area contributed by atoms with Crippen LogP contribution in [0, 0.1) is 0 Å². The Kier molecular flexibility index (Phi) is 12.2. The summed E-state index contributed by atoms with van der Waals surface area (Å²) in [5.41, 5.74) is 0. The van der Waals surface area contributed by atoms with Crippen molar-refractivity contribution in [2.45, 2.75) is 84.1 Å². The second-order valence-corrected chi connectivity index (χ2v) is 8.28. The number of hydrogen-bond donors (Lipinski definition) is 3. The number of carboxylic acids is 1. The lowest BCUT2D eigenvalue weighted by molar-refractivity contribution is -0.254. The van der Waals surface area contributed by atoms with Gasteiger partial charge in [0.05, 0.1) is 0 Å². The number of Topliss-reactive ketones (excluding diaryl/α,β-unsaturated/α-hetero) is 1. The topological polar surface area (TPSA) is 193 Å². The Morgan fingerprint density at radius 3 is 1.86 bits per heavy atom. The van der Waals surface area contributed by atoms with E-state index >= 15 is 0 Å². The molecule has 0 aromatic carbocycles. The minimum atomic E-state index is -1.43. The first-order valence-corrected chi connectivity index (χ1v) is 11.2. The third-order valence-electron chi connectivity index (χ3n) is 4.65. The van der Waals surface area contributed by atoms with Gasteiger partial charge in [0, 0.05) is 34.1 Å². The van der Waals surface area contributed by atoms with Crippen molar-refractivity contribution in [3.8, 4) is 0 Å². The van der Waals surface area contributed by atoms with Gasteiger partial charge < -0.3 is 44.2 Å². The Bertz CT molecular complexity index is 879. The molecule has 0 unspecified atom stereocenters. The highest BCUT2D eigenvalue weighted by molar-refractivity contribution is 7.80. The summed E-state index contributed by atoms with van der Waals surface area (Å²) in [4.78, 5) is 69.6. The van der Waals surface area contributed by atoms with Crippen LogP contribution in [0.25, 0.3) is 0 Å². The molecule has 6 atom stereocenters. The molecule has 202 valence electrons. The molecule has 0 amide bonds. The highest BCUT2D eigenvalue weighted by Gasteiger charge is 2.52. The van der Waals surface area contributed by atoms with Gasteiger partial charge in [-0.25, -0.2) is 4.79 Å². The van der Waals surface area contributed by atoms with E-state index in [4.69, 9.17) is 35.9 Å². The fraction of sp³-hybridized carbons (Fsp3) is 0.667. The van der Waals surface area contributed by atoms with Gasteiger partial charge in [-0.15, -0.1) is 0 Å². The monoisotopic (exact) mass is 534 g/mol. The molecular weight excluding hydrogens is 504 g/mol. The first-order valence-electron chi connectivity index (χ1n) is 10.8. The van der Waals surface area contributed by atoms with Gasteiger partial charge in [0.1, 0.15) is 24.5 Å². The van der Waals surface area contributed by atoms with E-state index in [1.165, 1.54) is 6.92 Å². The minimum Gasteiger partial charge on any atom is -0.480 e. The number of carbonyl (C=O) groups excluding carboxylic acids is 5. The van der Waals surface area contributed by atoms with E-state index in [1.54, 1.807) is 0 Å². The number of thiocarbonyl (C=S) groups is 1. The van der Waals surface area contributed by atoms with Gasteiger partial charge in [0.25, 0.3) is 0 Å². The van der Waals surface area contributed by atoms with Crippen LogP contribution >= 0.6 is 12.2 Å². The van der Waals surface area contributed by atoms with Crippen molar-refractivity contribution in [1.29, 1.82) is 0 Å². The fourth-order valence-electron chi connectivity index (χ4n) is 3.28. The number of aliphatic carboxylic acids is 1. The second-order valence-electron chi connectivity index (χ2n) is 7.87. The summed E-state index contributed by atoms with van der Waals surface area (Å²) in [6.45, 7) is 5.25. The van der Waals surface area contributed by atoms with Crippen molar-refractivity contribution in [2.24, 2.45) is 0 Å². The van der Waals surface area contributed by atoms with E-state index in [0.29, 0.717) is 0 Å². The Morgan fingerprint density at radius 2 is 1.39 bits per heavy atom. The third-order valence-corrected chi connectivity index (χ3v) is 4.89. The average molecular weight is 535 g/mol. The average Bonchev–Trinajstić information content (AvgIpc) is 2.72. The van der Waals surface area contributed by atoms with Crippen molar-refractivity contribution >= 4 is 53.0 Å². The number of hydrogen-bond acceptors (Lipinski definition) is 12. The number of carboxylic acid groups (broad SMARTS) is 1. The molecule has 36 heavy (non-hydrogen) atoms. The normalized spacial score (nSPS) is 23.9. The first-order chi connectivity index (χ1) is 16.7. The summed E-state index contributed by atoms with van der Waals surface area (Å²) in [7, 11) is 0. The first kappa shape index (κ1) is 30.7. The van der Waals surface area contributed by atoms with Crippen LogP contribution < -0.4 is 10.6 Å². The van der Waals surface area contributed by atoms with Gasteiger partial charge in [-0.05, 0) is 25.6 Å². The van der Waals surface area contributed by atoms with Crippen LogP contribution in [-0.2, 0) is 52.5 Å². The summed E-state index contributed by atoms with van der Waals surface area (Å²) in [5, 5.41) is 14.3. The molecule has 1 saturated heterocycles. The fourth-order valence-corrected chi connectivity index (χ4v) is 3.54. The minimum absolute atomic E-state index is 0.0222.